The summed E-state index contributed by atoms with van der Waals surface area (Å²) in [6.45, 7) is 5.34. The summed E-state index contributed by atoms with van der Waals surface area (Å²) in [7, 11) is 3.74. The van der Waals surface area contributed by atoms with Gasteiger partial charge in [-0.15, -0.1) is 20.4 Å². The monoisotopic (exact) mass is 411 g/mol. The van der Waals surface area contributed by atoms with E-state index in [1.165, 1.54) is 0 Å². The maximum Gasteiger partial charge on any atom is 0.0967 e. The van der Waals surface area contributed by atoms with Crippen molar-refractivity contribution in [1.29, 1.82) is 0 Å². The first-order valence-corrected chi connectivity index (χ1v) is 9.78. The fraction of sp³-hybridized carbons (Fsp3) is 0.529. The third-order valence-corrected chi connectivity index (χ3v) is 4.71. The van der Waals surface area contributed by atoms with Gasteiger partial charge in [-0.05, 0) is 6.42 Å². The molecule has 0 aromatic carbocycles. The zero-order valence-corrected chi connectivity index (χ0v) is 17.4. The summed E-state index contributed by atoms with van der Waals surface area (Å²) >= 11 is 0. The van der Waals surface area contributed by atoms with E-state index in [9.17, 15) is 0 Å². The van der Waals surface area contributed by atoms with E-state index in [4.69, 9.17) is 0 Å². The molecule has 0 aliphatic carbocycles. The summed E-state index contributed by atoms with van der Waals surface area (Å²) in [5, 5.41) is 33.0. The molecule has 0 atom stereocenters. The van der Waals surface area contributed by atoms with Crippen molar-refractivity contribution in [3.05, 3.63) is 47.6 Å². The molecule has 0 unspecified atom stereocenters. The van der Waals surface area contributed by atoms with Crippen LogP contribution in [0.2, 0.25) is 0 Å². The summed E-state index contributed by atoms with van der Waals surface area (Å²) in [4.78, 5) is 2.21. The molecule has 0 aliphatic rings. The summed E-state index contributed by atoms with van der Waals surface area (Å²) in [6, 6.07) is 0. The van der Waals surface area contributed by atoms with E-state index >= 15 is 0 Å². The fourth-order valence-electron chi connectivity index (χ4n) is 3.11. The number of aromatic nitrogens is 12. The fourth-order valence-corrected chi connectivity index (χ4v) is 3.11. The first-order valence-electron chi connectivity index (χ1n) is 9.78. The van der Waals surface area contributed by atoms with Crippen molar-refractivity contribution in [1.82, 2.24) is 64.9 Å². The van der Waals surface area contributed by atoms with Crippen LogP contribution in [0.25, 0.3) is 0 Å². The molecule has 4 aromatic heterocycles. The Kier molecular flexibility index (Phi) is 5.88. The third-order valence-electron chi connectivity index (χ3n) is 4.71. The normalized spacial score (nSPS) is 11.6. The molecule has 0 amide bonds. The van der Waals surface area contributed by atoms with Crippen LogP contribution < -0.4 is 0 Å². The van der Waals surface area contributed by atoms with Gasteiger partial charge in [-0.1, -0.05) is 27.8 Å². The molecule has 0 bridgehead atoms. The van der Waals surface area contributed by atoms with Crippen LogP contribution in [-0.2, 0) is 53.2 Å². The van der Waals surface area contributed by atoms with Crippen molar-refractivity contribution in [2.24, 2.45) is 14.1 Å². The van der Waals surface area contributed by atoms with Gasteiger partial charge in [-0.3, -0.25) is 23.6 Å². The maximum atomic E-state index is 4.33. The lowest BCUT2D eigenvalue weighted by molar-refractivity contribution is 0.235. The van der Waals surface area contributed by atoms with Crippen LogP contribution in [-0.4, -0.2) is 64.9 Å². The van der Waals surface area contributed by atoms with Gasteiger partial charge in [-0.25, -0.2) is 0 Å². The molecular formula is C17H25N13. The van der Waals surface area contributed by atoms with Crippen molar-refractivity contribution in [3.8, 4) is 0 Å². The average Bonchev–Trinajstić information content (AvgIpc) is 3.51. The molecule has 4 rings (SSSR count). The van der Waals surface area contributed by atoms with E-state index in [1.54, 1.807) is 15.6 Å². The maximum absolute atomic E-state index is 4.33. The Morgan fingerprint density at radius 1 is 0.767 bits per heavy atom. The molecule has 4 heterocycles. The molecule has 0 radical (unpaired) electrons. The van der Waals surface area contributed by atoms with Crippen molar-refractivity contribution in [2.45, 2.75) is 46.1 Å². The van der Waals surface area contributed by atoms with Crippen LogP contribution in [0.3, 0.4) is 0 Å². The van der Waals surface area contributed by atoms with Gasteiger partial charge in [0, 0.05) is 52.3 Å². The Labute approximate surface area is 173 Å². The van der Waals surface area contributed by atoms with E-state index in [1.807, 2.05) is 42.0 Å². The van der Waals surface area contributed by atoms with Crippen LogP contribution in [0, 0.1) is 0 Å². The predicted octanol–water partition coefficient (Wildman–Crippen LogP) is -0.408. The molecule has 0 fully saturated rings. The van der Waals surface area contributed by atoms with E-state index in [0.29, 0.717) is 32.7 Å². The van der Waals surface area contributed by atoms with Gasteiger partial charge >= 0.3 is 0 Å². The molecular weight excluding hydrogens is 386 g/mol. The van der Waals surface area contributed by atoms with Crippen LogP contribution in [0.1, 0.15) is 29.7 Å². The number of aryl methyl sites for hydroxylation is 5. The van der Waals surface area contributed by atoms with E-state index in [-0.39, 0.29) is 0 Å². The second-order valence-corrected chi connectivity index (χ2v) is 7.18. The van der Waals surface area contributed by atoms with Gasteiger partial charge in [-0.2, -0.15) is 0 Å². The van der Waals surface area contributed by atoms with Gasteiger partial charge in [0.2, 0.25) is 0 Å². The highest BCUT2D eigenvalue weighted by Crippen LogP contribution is 2.11. The zero-order chi connectivity index (χ0) is 20.9. The van der Waals surface area contributed by atoms with E-state index in [2.05, 4.69) is 53.1 Å². The third kappa shape index (κ3) is 4.92. The second kappa shape index (κ2) is 8.90. The largest absolute Gasteiger partial charge is 0.286 e. The Hall–Kier alpha value is -3.48. The summed E-state index contributed by atoms with van der Waals surface area (Å²) in [5.41, 5.74) is 3.75. The molecule has 13 heteroatoms. The minimum absolute atomic E-state index is 0.616. The highest BCUT2D eigenvalue weighted by Gasteiger charge is 2.15. The topological polar surface area (TPSA) is 126 Å². The van der Waals surface area contributed by atoms with Crippen molar-refractivity contribution < 1.29 is 0 Å². The van der Waals surface area contributed by atoms with Crippen LogP contribution >= 0.6 is 0 Å². The smallest absolute Gasteiger partial charge is 0.0967 e. The van der Waals surface area contributed by atoms with E-state index in [0.717, 1.165) is 29.2 Å². The molecule has 0 spiro atoms. The van der Waals surface area contributed by atoms with Gasteiger partial charge in [0.15, 0.2) is 0 Å². The standard InChI is InChI=1S/C17H25N13/c1-4-14-11-29(24-19-14)5-6-30-12-16(21-25-30)10-28(9-15-8-26(2)23-20-15)13-17-7-18-22-27(17)3/h7-8,11-12H,4-6,9-10,13H2,1-3H3. The molecule has 13 nitrogen and oxygen atoms in total. The number of hydrogen-bond donors (Lipinski definition) is 0. The molecule has 4 aromatic rings. The molecule has 0 aliphatic heterocycles. The minimum Gasteiger partial charge on any atom is -0.286 e. The molecule has 0 saturated carbocycles. The predicted molar refractivity (Wildman–Crippen MR) is 104 cm³/mol. The Balaban J connectivity index is 1.41. The zero-order valence-electron chi connectivity index (χ0n) is 17.4. The molecule has 0 N–H and O–H groups in total. The lowest BCUT2D eigenvalue weighted by atomic mass is 10.3. The lowest BCUT2D eigenvalue weighted by Gasteiger charge is -2.19. The molecule has 30 heavy (non-hydrogen) atoms. The SMILES string of the molecule is CCc1cn(CCn2cc(CN(Cc3cn(C)nn3)Cc3cnnn3C)nn2)nn1. The number of nitrogens with zero attached hydrogens (tertiary/aromatic N) is 13. The molecule has 0 saturated heterocycles. The highest BCUT2D eigenvalue weighted by atomic mass is 15.5. The van der Waals surface area contributed by atoms with Gasteiger partial charge in [0.05, 0.1) is 42.1 Å². The Morgan fingerprint density at radius 2 is 1.40 bits per heavy atom. The average molecular weight is 411 g/mol. The van der Waals surface area contributed by atoms with Crippen molar-refractivity contribution in [2.75, 3.05) is 0 Å². The Bertz CT molecular complexity index is 1070. The quantitative estimate of drug-likeness (QED) is 0.342. The first kappa shape index (κ1) is 19.8. The van der Waals surface area contributed by atoms with Crippen LogP contribution in [0.4, 0.5) is 0 Å². The van der Waals surface area contributed by atoms with Crippen molar-refractivity contribution >= 4 is 0 Å². The second-order valence-electron chi connectivity index (χ2n) is 7.18. The van der Waals surface area contributed by atoms with E-state index < -0.39 is 0 Å². The van der Waals surface area contributed by atoms with Crippen molar-refractivity contribution in [3.63, 3.8) is 0 Å². The molecule has 158 valence electrons. The van der Waals surface area contributed by atoms with Gasteiger partial charge in [0.1, 0.15) is 0 Å². The Morgan fingerprint density at radius 3 is 1.97 bits per heavy atom. The number of rotatable bonds is 10. The summed E-state index contributed by atoms with van der Waals surface area (Å²) in [5.74, 6) is 0. The van der Waals surface area contributed by atoms with Crippen LogP contribution in [0.15, 0.2) is 24.8 Å². The van der Waals surface area contributed by atoms with Crippen LogP contribution in [0.5, 0.6) is 0 Å². The minimum atomic E-state index is 0.616. The first-order chi connectivity index (χ1) is 14.6. The number of hydrogen-bond acceptors (Lipinski definition) is 9. The lowest BCUT2D eigenvalue weighted by Crippen LogP contribution is -2.24. The highest BCUT2D eigenvalue weighted by molar-refractivity contribution is 5.00. The van der Waals surface area contributed by atoms with Gasteiger partial charge in [0.25, 0.3) is 0 Å². The van der Waals surface area contributed by atoms with Gasteiger partial charge < -0.3 is 0 Å². The summed E-state index contributed by atoms with van der Waals surface area (Å²) in [6.07, 6.45) is 8.48. The summed E-state index contributed by atoms with van der Waals surface area (Å²) < 4.78 is 7.12.